The average molecular weight is 493 g/mol. The van der Waals surface area contributed by atoms with Crippen LogP contribution in [0.25, 0.3) is 16.8 Å². The normalized spacial score (nSPS) is 15.3. The Bertz CT molecular complexity index is 1370. The third-order valence-electron chi connectivity index (χ3n) is 6.30. The van der Waals surface area contributed by atoms with E-state index in [-0.39, 0.29) is 11.8 Å². The van der Waals surface area contributed by atoms with Gasteiger partial charge in [0, 0.05) is 31.2 Å². The number of imidazole rings is 1. The second-order valence-electron chi connectivity index (χ2n) is 8.35. The Balaban J connectivity index is 1.47. The number of ketones is 1. The number of ether oxygens (including phenoxy) is 3. The van der Waals surface area contributed by atoms with Gasteiger partial charge in [0.05, 0.1) is 45.5 Å². The van der Waals surface area contributed by atoms with Crippen LogP contribution in [0.2, 0.25) is 0 Å². The van der Waals surface area contributed by atoms with Gasteiger partial charge in [-0.05, 0) is 12.8 Å². The topological polar surface area (TPSA) is 117 Å². The van der Waals surface area contributed by atoms with Crippen molar-refractivity contribution in [1.82, 2.24) is 19.5 Å². The Hall–Kier alpha value is -4.28. The first kappa shape index (κ1) is 23.5. The lowest BCUT2D eigenvalue weighted by Crippen LogP contribution is -2.37. The van der Waals surface area contributed by atoms with Crippen LogP contribution in [0.4, 0.5) is 17.6 Å². The summed E-state index contributed by atoms with van der Waals surface area (Å²) in [7, 11) is 4.71. The number of methoxy groups -OCH3 is 3. The number of carbonyl (C=O) groups is 1. The van der Waals surface area contributed by atoms with Gasteiger partial charge in [0.2, 0.25) is 11.7 Å². The predicted molar refractivity (Wildman–Crippen MR) is 134 cm³/mol. The zero-order chi connectivity index (χ0) is 25.2. The Morgan fingerprint density at radius 1 is 1.17 bits per heavy atom. The summed E-state index contributed by atoms with van der Waals surface area (Å²) in [4.78, 5) is 28.3. The number of hydrogen-bond acceptors (Lipinski definition) is 10. The van der Waals surface area contributed by atoms with Crippen LogP contribution in [0, 0.1) is 0 Å². The Morgan fingerprint density at radius 3 is 2.64 bits per heavy atom. The highest BCUT2D eigenvalue weighted by Gasteiger charge is 2.32. The van der Waals surface area contributed by atoms with Crippen molar-refractivity contribution in [1.29, 1.82) is 0 Å². The monoisotopic (exact) mass is 492 g/mol. The number of carbonyl (C=O) groups excluding carboxylic acids is 1. The molecule has 36 heavy (non-hydrogen) atoms. The van der Waals surface area contributed by atoms with Crippen molar-refractivity contribution in [2.45, 2.75) is 32.2 Å². The first-order valence-corrected chi connectivity index (χ1v) is 11.7. The summed E-state index contributed by atoms with van der Waals surface area (Å²) in [6, 6.07) is 5.25. The summed E-state index contributed by atoms with van der Waals surface area (Å²) in [6.45, 7) is 2.62. The standard InChI is InChI=1S/C25H28N6O5/c1-5-18(32)17-7-6-9-31(17)25-27-16-8-10-36-22(16)24(29-25)28-21-13-30(14-26-21)15-11-19(33-2)23(35-4)20(12-15)34-3/h8,10-14,17H,5-7,9H2,1-4H3,(H,27,28,29)/t17-/m0/s1. The summed E-state index contributed by atoms with van der Waals surface area (Å²) < 4.78 is 23.8. The van der Waals surface area contributed by atoms with Crippen LogP contribution < -0.4 is 24.4 Å². The fourth-order valence-corrected chi connectivity index (χ4v) is 4.51. The molecule has 11 heteroatoms. The minimum atomic E-state index is -0.202. The van der Waals surface area contributed by atoms with Crippen molar-refractivity contribution >= 4 is 34.5 Å². The van der Waals surface area contributed by atoms with Crippen molar-refractivity contribution in [2.24, 2.45) is 0 Å². The highest BCUT2D eigenvalue weighted by atomic mass is 16.5. The van der Waals surface area contributed by atoms with Crippen LogP contribution in [0.1, 0.15) is 26.2 Å². The van der Waals surface area contributed by atoms with Crippen LogP contribution in [0.5, 0.6) is 17.2 Å². The maximum atomic E-state index is 12.5. The largest absolute Gasteiger partial charge is 0.493 e. The molecule has 4 heterocycles. The lowest BCUT2D eigenvalue weighted by Gasteiger charge is -2.23. The molecule has 0 aliphatic carbocycles. The first-order chi connectivity index (χ1) is 17.6. The molecule has 1 aliphatic rings. The van der Waals surface area contributed by atoms with Crippen molar-refractivity contribution in [3.05, 3.63) is 37.0 Å². The Morgan fingerprint density at radius 2 is 1.94 bits per heavy atom. The zero-order valence-electron chi connectivity index (χ0n) is 20.6. The summed E-state index contributed by atoms with van der Waals surface area (Å²) in [5.74, 6) is 3.31. The molecule has 1 aliphatic heterocycles. The fraction of sp³-hybridized carbons (Fsp3) is 0.360. The van der Waals surface area contributed by atoms with Crippen LogP contribution in [-0.2, 0) is 4.79 Å². The van der Waals surface area contributed by atoms with E-state index in [4.69, 9.17) is 23.6 Å². The molecule has 4 aromatic rings. The van der Waals surface area contributed by atoms with E-state index < -0.39 is 0 Å². The molecule has 0 bridgehead atoms. The highest BCUT2D eigenvalue weighted by Crippen LogP contribution is 2.39. The van der Waals surface area contributed by atoms with E-state index in [1.165, 1.54) is 0 Å². The third kappa shape index (κ3) is 4.16. The maximum Gasteiger partial charge on any atom is 0.228 e. The number of nitrogens with zero attached hydrogens (tertiary/aromatic N) is 5. The zero-order valence-corrected chi connectivity index (χ0v) is 20.6. The van der Waals surface area contributed by atoms with E-state index in [1.54, 1.807) is 40.0 Å². The Kier molecular flexibility index (Phi) is 6.36. The molecule has 0 spiro atoms. The lowest BCUT2D eigenvalue weighted by molar-refractivity contribution is -0.119. The second kappa shape index (κ2) is 9.76. The molecule has 1 aromatic carbocycles. The Labute approximate surface area is 208 Å². The third-order valence-corrected chi connectivity index (χ3v) is 6.30. The van der Waals surface area contributed by atoms with E-state index >= 15 is 0 Å². The molecule has 1 N–H and O–H groups in total. The van der Waals surface area contributed by atoms with Crippen molar-refractivity contribution in [3.8, 4) is 22.9 Å². The average Bonchev–Trinajstić information content (AvgIpc) is 3.68. The molecule has 0 radical (unpaired) electrons. The fourth-order valence-electron chi connectivity index (χ4n) is 4.51. The number of anilines is 3. The highest BCUT2D eigenvalue weighted by molar-refractivity contribution is 5.89. The SMILES string of the molecule is CCC(=O)[C@@H]1CCCN1c1nc(Nc2cn(-c3cc(OC)c(OC)c(OC)c3)cn2)c2occc2n1. The number of Topliss-reactive ketones (excluding diaryl/α,β-unsaturated/α-hetero) is 1. The molecule has 0 amide bonds. The summed E-state index contributed by atoms with van der Waals surface area (Å²) in [5, 5.41) is 3.25. The quantitative estimate of drug-likeness (QED) is 0.365. The first-order valence-electron chi connectivity index (χ1n) is 11.7. The predicted octanol–water partition coefficient (Wildman–Crippen LogP) is 4.13. The van der Waals surface area contributed by atoms with Gasteiger partial charge in [-0.25, -0.2) is 9.97 Å². The van der Waals surface area contributed by atoms with Crippen molar-refractivity contribution < 1.29 is 23.4 Å². The van der Waals surface area contributed by atoms with Gasteiger partial charge >= 0.3 is 0 Å². The number of nitrogens with one attached hydrogen (secondary N) is 1. The number of rotatable bonds is 9. The van der Waals surface area contributed by atoms with Crippen LogP contribution in [0.3, 0.4) is 0 Å². The number of aromatic nitrogens is 4. The minimum Gasteiger partial charge on any atom is -0.493 e. The second-order valence-corrected chi connectivity index (χ2v) is 8.35. The van der Waals surface area contributed by atoms with Crippen molar-refractivity contribution in [3.63, 3.8) is 0 Å². The smallest absolute Gasteiger partial charge is 0.228 e. The molecule has 1 saturated heterocycles. The van der Waals surface area contributed by atoms with E-state index in [9.17, 15) is 4.79 Å². The molecule has 3 aromatic heterocycles. The molecular weight excluding hydrogens is 464 g/mol. The summed E-state index contributed by atoms with van der Waals surface area (Å²) >= 11 is 0. The molecule has 5 rings (SSSR count). The molecule has 0 saturated carbocycles. The van der Waals surface area contributed by atoms with E-state index in [0.29, 0.717) is 52.4 Å². The van der Waals surface area contributed by atoms with Gasteiger partial charge in [-0.3, -0.25) is 4.79 Å². The number of benzene rings is 1. The van der Waals surface area contributed by atoms with Gasteiger partial charge < -0.3 is 33.4 Å². The van der Waals surface area contributed by atoms with Crippen molar-refractivity contribution in [2.75, 3.05) is 38.1 Å². The number of hydrogen-bond donors (Lipinski definition) is 1. The van der Waals surface area contributed by atoms with E-state index in [2.05, 4.69) is 15.3 Å². The lowest BCUT2D eigenvalue weighted by atomic mass is 10.1. The van der Waals surface area contributed by atoms with Gasteiger partial charge in [-0.2, -0.15) is 4.98 Å². The minimum absolute atomic E-state index is 0.196. The van der Waals surface area contributed by atoms with Gasteiger partial charge in [0.25, 0.3) is 0 Å². The summed E-state index contributed by atoms with van der Waals surface area (Å²) in [6.07, 6.45) is 7.27. The molecule has 11 nitrogen and oxygen atoms in total. The van der Waals surface area contributed by atoms with Gasteiger partial charge in [0.15, 0.2) is 28.7 Å². The van der Waals surface area contributed by atoms with E-state index in [1.807, 2.05) is 34.7 Å². The molecule has 188 valence electrons. The molecule has 0 unspecified atom stereocenters. The van der Waals surface area contributed by atoms with Gasteiger partial charge in [-0.1, -0.05) is 6.92 Å². The van der Waals surface area contributed by atoms with E-state index in [0.717, 1.165) is 25.1 Å². The molecule has 1 atom stereocenters. The number of furan rings is 1. The van der Waals surface area contributed by atoms with Crippen LogP contribution in [-0.4, -0.2) is 59.2 Å². The van der Waals surface area contributed by atoms with Crippen LogP contribution in [0.15, 0.2) is 41.4 Å². The molecular formula is C25H28N6O5. The molecule has 1 fully saturated rings. The van der Waals surface area contributed by atoms with Crippen LogP contribution >= 0.6 is 0 Å². The maximum absolute atomic E-state index is 12.5. The van der Waals surface area contributed by atoms with Gasteiger partial charge in [0.1, 0.15) is 17.7 Å². The number of fused-ring (bicyclic) bond motifs is 1. The van der Waals surface area contributed by atoms with Gasteiger partial charge in [-0.15, -0.1) is 0 Å². The summed E-state index contributed by atoms with van der Waals surface area (Å²) in [5.41, 5.74) is 1.94.